The number of rotatable bonds is 6. The molecule has 0 aromatic heterocycles. The number of methoxy groups -OCH3 is 1. The summed E-state index contributed by atoms with van der Waals surface area (Å²) in [6.45, 7) is 0.995. The Morgan fingerprint density at radius 3 is 2.96 bits per heavy atom. The molecule has 2 aromatic rings. The van der Waals surface area contributed by atoms with E-state index in [1.54, 1.807) is 18.2 Å². The van der Waals surface area contributed by atoms with E-state index in [1.807, 2.05) is 30.3 Å². The van der Waals surface area contributed by atoms with Crippen molar-refractivity contribution < 1.29 is 19.0 Å². The Morgan fingerprint density at radius 1 is 1.31 bits per heavy atom. The van der Waals surface area contributed by atoms with Crippen molar-refractivity contribution in [2.24, 2.45) is 5.92 Å². The van der Waals surface area contributed by atoms with E-state index >= 15 is 0 Å². The summed E-state index contributed by atoms with van der Waals surface area (Å²) < 4.78 is 16.4. The van der Waals surface area contributed by atoms with Crippen molar-refractivity contribution in [3.8, 4) is 23.3 Å². The standard InChI is InChI=1S/C20H20N2O4/c1-24-19-9-14(10-21)6-7-18(19)26-13-20(23)22-11-15-8-16-4-2-3-5-17(16)25-12-15/h2-7,9,15H,8,11-13H2,1H3,(H,22,23). The van der Waals surface area contributed by atoms with Gasteiger partial charge in [-0.25, -0.2) is 0 Å². The molecule has 6 heteroatoms. The molecule has 0 radical (unpaired) electrons. The summed E-state index contributed by atoms with van der Waals surface area (Å²) in [5.41, 5.74) is 1.63. The zero-order chi connectivity index (χ0) is 18.4. The first-order valence-corrected chi connectivity index (χ1v) is 8.38. The van der Waals surface area contributed by atoms with Crippen LogP contribution in [0.5, 0.6) is 17.2 Å². The van der Waals surface area contributed by atoms with Crippen molar-refractivity contribution in [3.63, 3.8) is 0 Å². The molecule has 0 saturated carbocycles. The van der Waals surface area contributed by atoms with Gasteiger partial charge in [0.05, 0.1) is 25.3 Å². The lowest BCUT2D eigenvalue weighted by molar-refractivity contribution is -0.123. The number of nitrogens with zero attached hydrogens (tertiary/aromatic N) is 1. The van der Waals surface area contributed by atoms with E-state index < -0.39 is 0 Å². The lowest BCUT2D eigenvalue weighted by Gasteiger charge is -2.25. The number of amides is 1. The second-order valence-electron chi connectivity index (χ2n) is 6.06. The maximum absolute atomic E-state index is 12.1. The van der Waals surface area contributed by atoms with Crippen molar-refractivity contribution in [3.05, 3.63) is 53.6 Å². The molecule has 1 aliphatic rings. The van der Waals surface area contributed by atoms with E-state index in [0.717, 1.165) is 17.7 Å². The number of benzene rings is 2. The number of ether oxygens (including phenoxy) is 3. The van der Waals surface area contributed by atoms with Crippen molar-refractivity contribution in [2.45, 2.75) is 6.42 Å². The van der Waals surface area contributed by atoms with Crippen LogP contribution in [0.4, 0.5) is 0 Å². The molecule has 0 bridgehead atoms. The summed E-state index contributed by atoms with van der Waals surface area (Å²) in [6.07, 6.45) is 0.876. The molecular weight excluding hydrogens is 332 g/mol. The Hall–Kier alpha value is -3.20. The number of nitriles is 1. The molecule has 2 aromatic carbocycles. The monoisotopic (exact) mass is 352 g/mol. The van der Waals surface area contributed by atoms with Crippen LogP contribution in [-0.2, 0) is 11.2 Å². The van der Waals surface area contributed by atoms with Crippen LogP contribution in [0.2, 0.25) is 0 Å². The maximum Gasteiger partial charge on any atom is 0.257 e. The van der Waals surface area contributed by atoms with Gasteiger partial charge in [-0.3, -0.25) is 4.79 Å². The molecule has 1 unspecified atom stereocenters. The summed E-state index contributed by atoms with van der Waals surface area (Å²) in [5, 5.41) is 11.8. The van der Waals surface area contributed by atoms with Crippen LogP contribution in [0.3, 0.4) is 0 Å². The molecule has 1 amide bonds. The highest BCUT2D eigenvalue weighted by atomic mass is 16.5. The molecule has 0 aliphatic carbocycles. The van der Waals surface area contributed by atoms with Crippen LogP contribution in [0, 0.1) is 17.2 Å². The lowest BCUT2D eigenvalue weighted by atomic mass is 9.97. The molecule has 0 saturated heterocycles. The molecule has 6 nitrogen and oxygen atoms in total. The molecule has 1 aliphatic heterocycles. The Kier molecular flexibility index (Phi) is 5.59. The second kappa shape index (κ2) is 8.26. The fourth-order valence-electron chi connectivity index (χ4n) is 2.83. The lowest BCUT2D eigenvalue weighted by Crippen LogP contribution is -2.37. The molecule has 0 spiro atoms. The number of para-hydroxylation sites is 1. The largest absolute Gasteiger partial charge is 0.493 e. The van der Waals surface area contributed by atoms with Crippen LogP contribution in [0.15, 0.2) is 42.5 Å². The Labute approximate surface area is 152 Å². The van der Waals surface area contributed by atoms with E-state index in [-0.39, 0.29) is 18.4 Å². The van der Waals surface area contributed by atoms with Gasteiger partial charge in [0.1, 0.15) is 5.75 Å². The van der Waals surface area contributed by atoms with Gasteiger partial charge in [-0.2, -0.15) is 5.26 Å². The SMILES string of the molecule is COc1cc(C#N)ccc1OCC(=O)NCC1COc2ccccc2C1. The third-order valence-corrected chi connectivity index (χ3v) is 4.20. The number of nitrogens with one attached hydrogen (secondary N) is 1. The van der Waals surface area contributed by atoms with Crippen LogP contribution in [0.1, 0.15) is 11.1 Å². The van der Waals surface area contributed by atoms with Gasteiger partial charge in [0.15, 0.2) is 18.1 Å². The summed E-state index contributed by atoms with van der Waals surface area (Å²) in [6, 6.07) is 14.8. The number of carbonyl (C=O) groups is 1. The van der Waals surface area contributed by atoms with Gasteiger partial charge in [-0.1, -0.05) is 18.2 Å². The summed E-state index contributed by atoms with van der Waals surface area (Å²) in [5.74, 6) is 1.80. The number of hydrogen-bond donors (Lipinski definition) is 1. The smallest absolute Gasteiger partial charge is 0.257 e. The minimum absolute atomic E-state index is 0.119. The number of hydrogen-bond acceptors (Lipinski definition) is 5. The summed E-state index contributed by atoms with van der Waals surface area (Å²) in [4.78, 5) is 12.1. The van der Waals surface area contributed by atoms with Gasteiger partial charge < -0.3 is 19.5 Å². The van der Waals surface area contributed by atoms with Gasteiger partial charge in [0, 0.05) is 18.5 Å². The Morgan fingerprint density at radius 2 is 2.15 bits per heavy atom. The highest BCUT2D eigenvalue weighted by Gasteiger charge is 2.20. The molecule has 134 valence electrons. The predicted molar refractivity (Wildman–Crippen MR) is 95.3 cm³/mol. The topological polar surface area (TPSA) is 80.6 Å². The molecule has 0 fully saturated rings. The average molecular weight is 352 g/mol. The summed E-state index contributed by atoms with van der Waals surface area (Å²) >= 11 is 0. The highest BCUT2D eigenvalue weighted by Crippen LogP contribution is 2.28. The van der Waals surface area contributed by atoms with Crippen molar-refractivity contribution in [1.82, 2.24) is 5.32 Å². The Bertz CT molecular complexity index is 829. The molecule has 3 rings (SSSR count). The van der Waals surface area contributed by atoms with E-state index in [9.17, 15) is 4.79 Å². The zero-order valence-electron chi connectivity index (χ0n) is 14.5. The van der Waals surface area contributed by atoms with Gasteiger partial charge in [-0.15, -0.1) is 0 Å². The molecule has 1 heterocycles. The molecule has 26 heavy (non-hydrogen) atoms. The first-order chi connectivity index (χ1) is 12.7. The van der Waals surface area contributed by atoms with Crippen LogP contribution >= 0.6 is 0 Å². The van der Waals surface area contributed by atoms with Gasteiger partial charge >= 0.3 is 0 Å². The van der Waals surface area contributed by atoms with Crippen LogP contribution in [0.25, 0.3) is 0 Å². The first kappa shape index (κ1) is 17.6. The van der Waals surface area contributed by atoms with Crippen molar-refractivity contribution >= 4 is 5.91 Å². The fourth-order valence-corrected chi connectivity index (χ4v) is 2.83. The Balaban J connectivity index is 1.47. The molecular formula is C20H20N2O4. The van der Waals surface area contributed by atoms with Crippen LogP contribution in [-0.4, -0.2) is 32.8 Å². The van der Waals surface area contributed by atoms with E-state index in [0.29, 0.717) is 30.2 Å². The van der Waals surface area contributed by atoms with Crippen LogP contribution < -0.4 is 19.5 Å². The average Bonchev–Trinajstić information content (AvgIpc) is 2.70. The maximum atomic E-state index is 12.1. The predicted octanol–water partition coefficient (Wildman–Crippen LogP) is 2.31. The first-order valence-electron chi connectivity index (χ1n) is 8.38. The van der Waals surface area contributed by atoms with Gasteiger partial charge in [-0.05, 0) is 30.2 Å². The fraction of sp³-hybridized carbons (Fsp3) is 0.300. The van der Waals surface area contributed by atoms with E-state index in [1.165, 1.54) is 7.11 Å². The second-order valence-corrected chi connectivity index (χ2v) is 6.06. The van der Waals surface area contributed by atoms with Crippen molar-refractivity contribution in [1.29, 1.82) is 5.26 Å². The quantitative estimate of drug-likeness (QED) is 0.863. The van der Waals surface area contributed by atoms with Gasteiger partial charge in [0.2, 0.25) is 0 Å². The highest BCUT2D eigenvalue weighted by molar-refractivity contribution is 5.77. The number of carbonyl (C=O) groups excluding carboxylic acids is 1. The van der Waals surface area contributed by atoms with E-state index in [4.69, 9.17) is 19.5 Å². The third-order valence-electron chi connectivity index (χ3n) is 4.20. The number of fused-ring (bicyclic) bond motifs is 1. The van der Waals surface area contributed by atoms with Crippen molar-refractivity contribution in [2.75, 3.05) is 26.9 Å². The minimum Gasteiger partial charge on any atom is -0.493 e. The zero-order valence-corrected chi connectivity index (χ0v) is 14.5. The van der Waals surface area contributed by atoms with E-state index in [2.05, 4.69) is 5.32 Å². The summed E-state index contributed by atoms with van der Waals surface area (Å²) in [7, 11) is 1.49. The normalized spacial score (nSPS) is 15.2. The molecule has 1 atom stereocenters. The molecule has 1 N–H and O–H groups in total. The minimum atomic E-state index is -0.213. The third kappa shape index (κ3) is 4.25. The van der Waals surface area contributed by atoms with Gasteiger partial charge in [0.25, 0.3) is 5.91 Å².